The molecule has 0 saturated carbocycles. The number of morpholine rings is 1. The minimum absolute atomic E-state index is 0.152. The summed E-state index contributed by atoms with van der Waals surface area (Å²) in [5, 5.41) is 3.31. The molecule has 1 fully saturated rings. The van der Waals surface area contributed by atoms with Crippen molar-refractivity contribution in [3.8, 4) is 11.4 Å². The van der Waals surface area contributed by atoms with Gasteiger partial charge in [0.25, 0.3) is 0 Å². The lowest BCUT2D eigenvalue weighted by Crippen LogP contribution is -2.35. The summed E-state index contributed by atoms with van der Waals surface area (Å²) in [5.41, 5.74) is 1.27. The number of aromatic nitrogens is 6. The van der Waals surface area contributed by atoms with Crippen LogP contribution < -0.4 is 11.0 Å². The summed E-state index contributed by atoms with van der Waals surface area (Å²) >= 11 is 0. The zero-order valence-corrected chi connectivity index (χ0v) is 18.5. The fraction of sp³-hybridized carbons (Fsp3) is 0.364. The molecule has 34 heavy (non-hydrogen) atoms. The Labute approximate surface area is 191 Å². The molecule has 0 spiro atoms. The van der Waals surface area contributed by atoms with Crippen molar-refractivity contribution >= 4 is 11.2 Å². The quantitative estimate of drug-likeness (QED) is 0.489. The van der Waals surface area contributed by atoms with Crippen LogP contribution in [-0.4, -0.2) is 48.4 Å². The molecule has 1 aliphatic heterocycles. The Morgan fingerprint density at radius 2 is 1.94 bits per heavy atom. The fourth-order valence-corrected chi connectivity index (χ4v) is 4.04. The largest absolute Gasteiger partial charge is 0.434 e. The number of aryl methyl sites for hydroxylation is 2. The van der Waals surface area contributed by atoms with Gasteiger partial charge in [-0.25, -0.2) is 19.7 Å². The maximum atomic E-state index is 13.0. The number of fused-ring (bicyclic) bond motifs is 1. The van der Waals surface area contributed by atoms with Crippen molar-refractivity contribution in [1.82, 2.24) is 34.0 Å². The van der Waals surface area contributed by atoms with E-state index in [0.717, 1.165) is 11.8 Å². The summed E-state index contributed by atoms with van der Waals surface area (Å²) in [6.07, 6.45) is -1.91. The van der Waals surface area contributed by atoms with E-state index >= 15 is 0 Å². The van der Waals surface area contributed by atoms with Gasteiger partial charge in [-0.15, -0.1) is 0 Å². The molecule has 1 unspecified atom stereocenters. The molecule has 0 amide bonds. The third kappa shape index (κ3) is 3.99. The van der Waals surface area contributed by atoms with E-state index in [0.29, 0.717) is 42.3 Å². The highest BCUT2D eigenvalue weighted by molar-refractivity contribution is 5.70. The summed E-state index contributed by atoms with van der Waals surface area (Å²) < 4.78 is 48.8. The SMILES string of the molecule is Cn1cc(C(F)(F)F)nc1-c1ccc(Cn2c(=O)n(C)c3cnc(C4COCCN4)nc32)cc1. The maximum Gasteiger partial charge on any atom is 0.434 e. The standard InChI is InChI=1S/C22H22F3N7O2/c1-30-11-17(22(23,24)25)28-19(30)14-5-3-13(4-6-14)10-32-20-16(31(2)21(32)33)9-27-18(29-20)15-12-34-8-7-26-15/h3-6,9,11,15,26H,7-8,10,12H2,1-2H3. The van der Waals surface area contributed by atoms with Gasteiger partial charge in [0.1, 0.15) is 17.2 Å². The smallest absolute Gasteiger partial charge is 0.378 e. The van der Waals surface area contributed by atoms with Crippen molar-refractivity contribution in [2.45, 2.75) is 18.8 Å². The predicted octanol–water partition coefficient (Wildman–Crippen LogP) is 2.26. The van der Waals surface area contributed by atoms with E-state index in [2.05, 4.69) is 20.3 Å². The fourth-order valence-electron chi connectivity index (χ4n) is 4.04. The average molecular weight is 473 g/mol. The first-order valence-electron chi connectivity index (χ1n) is 10.7. The molecule has 1 N–H and O–H groups in total. The van der Waals surface area contributed by atoms with Crippen LogP contribution in [0.3, 0.4) is 0 Å². The second-order valence-corrected chi connectivity index (χ2v) is 8.20. The van der Waals surface area contributed by atoms with Crippen LogP contribution in [0.4, 0.5) is 13.2 Å². The van der Waals surface area contributed by atoms with Crippen LogP contribution in [0.2, 0.25) is 0 Å². The van der Waals surface area contributed by atoms with Crippen LogP contribution in [-0.2, 0) is 31.6 Å². The van der Waals surface area contributed by atoms with Crippen LogP contribution in [0.15, 0.2) is 41.5 Å². The van der Waals surface area contributed by atoms with E-state index in [1.165, 1.54) is 16.2 Å². The van der Waals surface area contributed by atoms with Gasteiger partial charge in [0.2, 0.25) is 0 Å². The minimum Gasteiger partial charge on any atom is -0.378 e. The first-order valence-corrected chi connectivity index (χ1v) is 10.7. The van der Waals surface area contributed by atoms with Gasteiger partial charge in [-0.2, -0.15) is 13.2 Å². The van der Waals surface area contributed by atoms with Crippen molar-refractivity contribution < 1.29 is 17.9 Å². The Balaban J connectivity index is 1.46. The molecule has 12 heteroatoms. The molecule has 5 rings (SSSR count). The monoisotopic (exact) mass is 473 g/mol. The summed E-state index contributed by atoms with van der Waals surface area (Å²) in [6, 6.07) is 6.76. The van der Waals surface area contributed by atoms with Crippen molar-refractivity contribution in [2.75, 3.05) is 19.8 Å². The summed E-state index contributed by atoms with van der Waals surface area (Å²) in [7, 11) is 3.18. The molecule has 0 radical (unpaired) electrons. The average Bonchev–Trinajstić information content (AvgIpc) is 3.34. The minimum atomic E-state index is -4.51. The number of rotatable bonds is 4. The van der Waals surface area contributed by atoms with Gasteiger partial charge in [0.05, 0.1) is 32.0 Å². The van der Waals surface area contributed by atoms with Crippen LogP contribution >= 0.6 is 0 Å². The molecule has 1 atom stereocenters. The summed E-state index contributed by atoms with van der Waals surface area (Å²) in [4.78, 5) is 25.7. The first kappa shape index (κ1) is 22.3. The number of halogens is 3. The molecule has 1 saturated heterocycles. The molecule has 9 nitrogen and oxygen atoms in total. The van der Waals surface area contributed by atoms with Gasteiger partial charge in [-0.1, -0.05) is 24.3 Å². The zero-order chi connectivity index (χ0) is 24.0. The number of alkyl halides is 3. The van der Waals surface area contributed by atoms with Crippen LogP contribution in [0.1, 0.15) is 23.1 Å². The predicted molar refractivity (Wildman–Crippen MR) is 117 cm³/mol. The number of ether oxygens (including phenoxy) is 1. The molecule has 4 aromatic rings. The highest BCUT2D eigenvalue weighted by Gasteiger charge is 2.34. The van der Waals surface area contributed by atoms with Gasteiger partial charge >= 0.3 is 11.9 Å². The molecule has 178 valence electrons. The number of nitrogens with one attached hydrogen (secondary N) is 1. The molecule has 3 aromatic heterocycles. The molecule has 4 heterocycles. The van der Waals surface area contributed by atoms with E-state index in [1.54, 1.807) is 42.1 Å². The zero-order valence-electron chi connectivity index (χ0n) is 18.5. The van der Waals surface area contributed by atoms with Crippen LogP contribution in [0.5, 0.6) is 0 Å². The molecular formula is C22H22F3N7O2. The van der Waals surface area contributed by atoms with Crippen molar-refractivity contribution in [1.29, 1.82) is 0 Å². The van der Waals surface area contributed by atoms with Gasteiger partial charge < -0.3 is 14.6 Å². The van der Waals surface area contributed by atoms with E-state index in [-0.39, 0.29) is 24.1 Å². The number of hydrogen-bond donors (Lipinski definition) is 1. The Morgan fingerprint density at radius 1 is 1.18 bits per heavy atom. The van der Waals surface area contributed by atoms with Crippen LogP contribution in [0, 0.1) is 0 Å². The Bertz CT molecular complexity index is 1400. The third-order valence-electron chi connectivity index (χ3n) is 5.86. The summed E-state index contributed by atoms with van der Waals surface area (Å²) in [5.74, 6) is 0.762. The van der Waals surface area contributed by atoms with Crippen molar-refractivity contribution in [2.24, 2.45) is 14.1 Å². The molecule has 1 aromatic carbocycles. The van der Waals surface area contributed by atoms with E-state index in [9.17, 15) is 18.0 Å². The second-order valence-electron chi connectivity index (χ2n) is 8.20. The second kappa shape index (κ2) is 8.37. The van der Waals surface area contributed by atoms with Crippen molar-refractivity contribution in [3.05, 3.63) is 64.2 Å². The summed E-state index contributed by atoms with van der Waals surface area (Å²) in [6.45, 7) is 2.02. The number of hydrogen-bond acceptors (Lipinski definition) is 6. The van der Waals surface area contributed by atoms with E-state index in [1.807, 2.05) is 0 Å². The van der Waals surface area contributed by atoms with Gasteiger partial charge in [0.15, 0.2) is 11.3 Å². The Kier molecular flexibility index (Phi) is 5.48. The number of imidazole rings is 2. The van der Waals surface area contributed by atoms with Crippen molar-refractivity contribution in [3.63, 3.8) is 0 Å². The molecule has 0 aliphatic carbocycles. The maximum absolute atomic E-state index is 13.0. The first-order chi connectivity index (χ1) is 16.2. The number of nitrogens with zero attached hydrogens (tertiary/aromatic N) is 6. The normalized spacial score (nSPS) is 16.9. The Morgan fingerprint density at radius 3 is 2.59 bits per heavy atom. The molecule has 1 aliphatic rings. The van der Waals surface area contributed by atoms with E-state index < -0.39 is 11.9 Å². The molecule has 0 bridgehead atoms. The van der Waals surface area contributed by atoms with E-state index in [4.69, 9.17) is 4.74 Å². The lowest BCUT2D eigenvalue weighted by molar-refractivity contribution is -0.140. The van der Waals surface area contributed by atoms with Gasteiger partial charge in [-0.3, -0.25) is 9.13 Å². The lowest BCUT2D eigenvalue weighted by atomic mass is 10.1. The van der Waals surface area contributed by atoms with Crippen LogP contribution in [0.25, 0.3) is 22.6 Å². The lowest BCUT2D eigenvalue weighted by Gasteiger charge is -2.22. The number of benzene rings is 1. The topological polar surface area (TPSA) is 91.8 Å². The Hall–Kier alpha value is -3.51. The highest BCUT2D eigenvalue weighted by Crippen LogP contribution is 2.30. The third-order valence-corrected chi connectivity index (χ3v) is 5.86. The highest BCUT2D eigenvalue weighted by atomic mass is 19.4. The van der Waals surface area contributed by atoms with Gasteiger partial charge in [0, 0.05) is 32.4 Å². The molecular weight excluding hydrogens is 451 g/mol. The van der Waals surface area contributed by atoms with Gasteiger partial charge in [-0.05, 0) is 5.56 Å².